The van der Waals surface area contributed by atoms with E-state index in [-0.39, 0.29) is 31.8 Å². The van der Waals surface area contributed by atoms with E-state index in [1.165, 1.54) is 6.92 Å². The Labute approximate surface area is 259 Å². The standard InChI is InChI=1S/C34H35N3O6S/c1-22(35-33(41)42-19-24-13-7-4-8-14-24)31(39)37-28(18-25-20-44-29-16-10-9-15-26(25)29)32(40)36-27(30(38)34(2)21-43-34)17-23-11-5-3-6-12-23/h3-16,20,22,27-28H,17-19,21H2,1-2H3,(H,35,41)(H,36,40)(H,37,39)/t22-,27-,28-,34+/m0/s1. The molecule has 3 amide bonds. The quantitative estimate of drug-likeness (QED) is 0.193. The molecule has 9 nitrogen and oxygen atoms in total. The molecule has 2 heterocycles. The first-order chi connectivity index (χ1) is 21.2. The molecule has 1 aliphatic rings. The highest BCUT2D eigenvalue weighted by atomic mass is 32.1. The van der Waals surface area contributed by atoms with Crippen LogP contribution in [0.15, 0.2) is 90.3 Å². The SMILES string of the molecule is C[C@H](NC(=O)OCc1ccccc1)C(=O)N[C@@H](Cc1csc2ccccc12)C(=O)N[C@@H](Cc1ccccc1)C(=O)[C@@]1(C)CO1. The first-order valence-corrected chi connectivity index (χ1v) is 15.3. The van der Waals surface area contributed by atoms with Gasteiger partial charge >= 0.3 is 6.09 Å². The number of nitrogens with one attached hydrogen (secondary N) is 3. The summed E-state index contributed by atoms with van der Waals surface area (Å²) in [5.74, 6) is -1.30. The maximum Gasteiger partial charge on any atom is 0.408 e. The van der Waals surface area contributed by atoms with Crippen LogP contribution in [0.4, 0.5) is 4.79 Å². The molecule has 1 aromatic heterocycles. The van der Waals surface area contributed by atoms with Crippen molar-refractivity contribution >= 4 is 45.1 Å². The number of carbonyl (C=O) groups is 4. The summed E-state index contributed by atoms with van der Waals surface area (Å²) in [7, 11) is 0. The lowest BCUT2D eigenvalue weighted by Gasteiger charge is -2.25. The van der Waals surface area contributed by atoms with E-state index in [1.807, 2.05) is 90.3 Å². The normalized spacial score (nSPS) is 17.6. The lowest BCUT2D eigenvalue weighted by atomic mass is 9.94. The highest BCUT2D eigenvalue weighted by Crippen LogP contribution is 2.30. The molecule has 4 aromatic rings. The van der Waals surface area contributed by atoms with Gasteiger partial charge in [-0.2, -0.15) is 0 Å². The van der Waals surface area contributed by atoms with Crippen LogP contribution in [0.1, 0.15) is 30.5 Å². The Morgan fingerprint density at radius 1 is 0.818 bits per heavy atom. The first-order valence-electron chi connectivity index (χ1n) is 14.5. The van der Waals surface area contributed by atoms with Gasteiger partial charge in [0.1, 0.15) is 24.3 Å². The summed E-state index contributed by atoms with van der Waals surface area (Å²) in [6.45, 7) is 3.57. The van der Waals surface area contributed by atoms with E-state index >= 15 is 0 Å². The van der Waals surface area contributed by atoms with E-state index < -0.39 is 41.6 Å². The average molecular weight is 614 g/mol. The van der Waals surface area contributed by atoms with Crippen molar-refractivity contribution in [3.8, 4) is 0 Å². The number of hydrogen-bond donors (Lipinski definition) is 3. The Bertz CT molecular complexity index is 1620. The van der Waals surface area contributed by atoms with Crippen LogP contribution in [-0.2, 0) is 43.3 Å². The topological polar surface area (TPSA) is 126 Å². The van der Waals surface area contributed by atoms with Gasteiger partial charge in [-0.1, -0.05) is 78.9 Å². The Balaban J connectivity index is 1.31. The van der Waals surface area contributed by atoms with Crippen LogP contribution in [0.3, 0.4) is 0 Å². The molecular weight excluding hydrogens is 578 g/mol. The van der Waals surface area contributed by atoms with Gasteiger partial charge in [0.05, 0.1) is 12.6 Å². The second-order valence-corrected chi connectivity index (χ2v) is 12.0. The van der Waals surface area contributed by atoms with Crippen LogP contribution in [0.2, 0.25) is 0 Å². The number of rotatable bonds is 13. The third-order valence-electron chi connectivity index (χ3n) is 7.57. The van der Waals surface area contributed by atoms with E-state index in [2.05, 4.69) is 16.0 Å². The fraction of sp³-hybridized carbons (Fsp3) is 0.294. The minimum atomic E-state index is -1.02. The zero-order valence-corrected chi connectivity index (χ0v) is 25.4. The van der Waals surface area contributed by atoms with Crippen molar-refractivity contribution in [2.45, 2.75) is 57.0 Å². The number of thiophene rings is 1. The highest BCUT2D eigenvalue weighted by Gasteiger charge is 2.50. The summed E-state index contributed by atoms with van der Waals surface area (Å²) < 4.78 is 11.7. The van der Waals surface area contributed by atoms with Crippen LogP contribution in [0.5, 0.6) is 0 Å². The smallest absolute Gasteiger partial charge is 0.408 e. The number of alkyl carbamates (subject to hydrolysis) is 1. The Kier molecular flexibility index (Phi) is 9.72. The summed E-state index contributed by atoms with van der Waals surface area (Å²) in [6, 6.07) is 23.6. The highest BCUT2D eigenvalue weighted by molar-refractivity contribution is 7.17. The van der Waals surface area contributed by atoms with Crippen molar-refractivity contribution in [3.63, 3.8) is 0 Å². The molecule has 5 rings (SSSR count). The summed E-state index contributed by atoms with van der Waals surface area (Å²) in [5, 5.41) is 11.2. The second-order valence-electron chi connectivity index (χ2n) is 11.1. The van der Waals surface area contributed by atoms with Crippen molar-refractivity contribution in [1.29, 1.82) is 0 Å². The van der Waals surface area contributed by atoms with Crippen molar-refractivity contribution in [1.82, 2.24) is 16.0 Å². The molecule has 1 saturated heterocycles. The van der Waals surface area contributed by atoms with Crippen molar-refractivity contribution < 1.29 is 28.7 Å². The predicted molar refractivity (Wildman–Crippen MR) is 168 cm³/mol. The van der Waals surface area contributed by atoms with Gasteiger partial charge in [0.2, 0.25) is 11.8 Å². The molecular formula is C34H35N3O6S. The number of epoxide rings is 1. The molecule has 0 radical (unpaired) electrons. The van der Waals surface area contributed by atoms with E-state index in [1.54, 1.807) is 18.3 Å². The average Bonchev–Trinajstić information content (AvgIpc) is 3.67. The molecule has 0 spiro atoms. The molecule has 3 N–H and O–H groups in total. The van der Waals surface area contributed by atoms with Gasteiger partial charge in [-0.3, -0.25) is 14.4 Å². The molecule has 0 aliphatic carbocycles. The summed E-state index contributed by atoms with van der Waals surface area (Å²) in [6.07, 6.45) is -0.294. The zero-order chi connectivity index (χ0) is 31.1. The summed E-state index contributed by atoms with van der Waals surface area (Å²) >= 11 is 1.55. The van der Waals surface area contributed by atoms with Gasteiger partial charge in [0.15, 0.2) is 5.78 Å². The molecule has 1 fully saturated rings. The lowest BCUT2D eigenvalue weighted by molar-refractivity contribution is -0.133. The number of Topliss-reactive ketones (excluding diaryl/α,β-unsaturated/α-hetero) is 1. The van der Waals surface area contributed by atoms with Crippen LogP contribution in [0, 0.1) is 0 Å². The molecule has 0 unspecified atom stereocenters. The number of amides is 3. The van der Waals surface area contributed by atoms with Gasteiger partial charge in [-0.25, -0.2) is 4.79 Å². The van der Waals surface area contributed by atoms with Gasteiger partial charge in [-0.05, 0) is 53.8 Å². The summed E-state index contributed by atoms with van der Waals surface area (Å²) in [5.41, 5.74) is 1.63. The molecule has 0 saturated carbocycles. The number of ketones is 1. The maximum atomic E-state index is 13.9. The molecule has 0 bridgehead atoms. The Morgan fingerprint density at radius 2 is 1.43 bits per heavy atom. The monoisotopic (exact) mass is 613 g/mol. The largest absolute Gasteiger partial charge is 0.445 e. The van der Waals surface area contributed by atoms with E-state index in [9.17, 15) is 19.2 Å². The molecule has 10 heteroatoms. The van der Waals surface area contributed by atoms with Crippen molar-refractivity contribution in [2.75, 3.05) is 6.61 Å². The van der Waals surface area contributed by atoms with Crippen LogP contribution in [-0.4, -0.2) is 54.0 Å². The van der Waals surface area contributed by atoms with Crippen LogP contribution < -0.4 is 16.0 Å². The van der Waals surface area contributed by atoms with E-state index in [0.717, 1.165) is 26.8 Å². The third-order valence-corrected chi connectivity index (χ3v) is 8.59. The molecule has 44 heavy (non-hydrogen) atoms. The third kappa shape index (κ3) is 7.89. The first kappa shape index (κ1) is 30.9. The lowest BCUT2D eigenvalue weighted by Crippen LogP contribution is -2.57. The maximum absolute atomic E-state index is 13.9. The Morgan fingerprint density at radius 3 is 2.11 bits per heavy atom. The van der Waals surface area contributed by atoms with Gasteiger partial charge in [0, 0.05) is 11.1 Å². The molecule has 1 aliphatic heterocycles. The minimum Gasteiger partial charge on any atom is -0.445 e. The molecule has 4 atom stereocenters. The second kappa shape index (κ2) is 13.8. The van der Waals surface area contributed by atoms with Crippen LogP contribution in [0.25, 0.3) is 10.1 Å². The summed E-state index contributed by atoms with van der Waals surface area (Å²) in [4.78, 5) is 53.0. The van der Waals surface area contributed by atoms with Gasteiger partial charge in [-0.15, -0.1) is 11.3 Å². The zero-order valence-electron chi connectivity index (χ0n) is 24.6. The number of carbonyl (C=O) groups excluding carboxylic acids is 4. The number of benzene rings is 3. The Hall–Kier alpha value is -4.54. The molecule has 228 valence electrons. The van der Waals surface area contributed by atoms with Crippen LogP contribution >= 0.6 is 11.3 Å². The number of hydrogen-bond acceptors (Lipinski definition) is 7. The van der Waals surface area contributed by atoms with E-state index in [0.29, 0.717) is 0 Å². The van der Waals surface area contributed by atoms with Crippen molar-refractivity contribution in [2.24, 2.45) is 0 Å². The number of ether oxygens (including phenoxy) is 2. The van der Waals surface area contributed by atoms with Gasteiger partial charge < -0.3 is 25.4 Å². The minimum absolute atomic E-state index is 0.0523. The molecule has 3 aromatic carbocycles. The number of fused-ring (bicyclic) bond motifs is 1. The fourth-order valence-corrected chi connectivity index (χ4v) is 5.85. The van der Waals surface area contributed by atoms with Crippen molar-refractivity contribution in [3.05, 3.63) is 107 Å². The van der Waals surface area contributed by atoms with Gasteiger partial charge in [0.25, 0.3) is 0 Å². The van der Waals surface area contributed by atoms with E-state index in [4.69, 9.17) is 9.47 Å². The predicted octanol–water partition coefficient (Wildman–Crippen LogP) is 4.33. The fourth-order valence-electron chi connectivity index (χ4n) is 4.87.